The molecule has 0 radical (unpaired) electrons. The van der Waals surface area contributed by atoms with Crippen LogP contribution in [0.15, 0.2) is 0 Å². The van der Waals surface area contributed by atoms with E-state index in [9.17, 15) is 4.79 Å². The maximum absolute atomic E-state index is 10.4. The van der Waals surface area contributed by atoms with Crippen LogP contribution in [0.5, 0.6) is 0 Å². The van der Waals surface area contributed by atoms with E-state index in [-0.39, 0.29) is 6.10 Å². The van der Waals surface area contributed by atoms with E-state index in [0.717, 1.165) is 19.3 Å². The van der Waals surface area contributed by atoms with E-state index in [1.165, 1.54) is 0 Å². The number of ether oxygens (including phenoxy) is 1. The molecule has 0 aromatic rings. The molecule has 1 atom stereocenters. The first-order valence-corrected chi connectivity index (χ1v) is 4.45. The molecule has 72 valence electrons. The van der Waals surface area contributed by atoms with Crippen LogP contribution in [0.3, 0.4) is 0 Å². The van der Waals surface area contributed by atoms with E-state index in [4.69, 9.17) is 16.3 Å². The smallest absolute Gasteiger partial charge is 0.154 e. The summed E-state index contributed by atoms with van der Waals surface area (Å²) in [6.07, 6.45) is 1.26. The van der Waals surface area contributed by atoms with Gasteiger partial charge < -0.3 is 14.0 Å². The molecule has 0 bridgehead atoms. The van der Waals surface area contributed by atoms with Crippen molar-refractivity contribution in [1.82, 2.24) is 0 Å². The molecule has 0 saturated heterocycles. The normalized spacial score (nSPS) is 14.3. The Morgan fingerprint density at radius 1 is 1.58 bits per heavy atom. The second kappa shape index (κ2) is 5.51. The summed E-state index contributed by atoms with van der Waals surface area (Å²) in [5, 5.41) is 0. The van der Waals surface area contributed by atoms with E-state index >= 15 is 0 Å². The van der Waals surface area contributed by atoms with Crippen LogP contribution in [0.4, 0.5) is 0 Å². The van der Waals surface area contributed by atoms with Gasteiger partial charge in [0.2, 0.25) is 0 Å². The van der Waals surface area contributed by atoms with Crippen LogP contribution in [-0.4, -0.2) is 50.6 Å². The summed E-state index contributed by atoms with van der Waals surface area (Å²) < 4.78 is 5.62. The van der Waals surface area contributed by atoms with Crippen molar-refractivity contribution < 1.29 is 14.0 Å². The first-order chi connectivity index (χ1) is 5.55. The molecule has 1 unspecified atom stereocenters. The van der Waals surface area contributed by atoms with Gasteiger partial charge in [0, 0.05) is 13.5 Å². The van der Waals surface area contributed by atoms with Gasteiger partial charge in [-0.2, -0.15) is 0 Å². The zero-order chi connectivity index (χ0) is 9.61. The minimum atomic E-state index is -0.286. The summed E-state index contributed by atoms with van der Waals surface area (Å²) in [4.78, 5) is 10.4. The molecule has 0 saturated carbocycles. The first kappa shape index (κ1) is 11.9. The van der Waals surface area contributed by atoms with Crippen LogP contribution in [-0.2, 0) is 9.53 Å². The number of carbonyl (C=O) groups excluding carboxylic acids is 1. The molecule has 0 aliphatic rings. The molecule has 0 N–H and O–H groups in total. The molecule has 0 spiro atoms. The Hall–Kier alpha value is -0.120. The predicted octanol–water partition coefficient (Wildman–Crippen LogP) is 0.863. The highest BCUT2D eigenvalue weighted by atomic mass is 35.5. The largest absolute Gasteiger partial charge is 0.374 e. The molecular formula is C8H17ClNO2+. The number of rotatable bonds is 6. The van der Waals surface area contributed by atoms with Crippen LogP contribution in [0.1, 0.15) is 6.42 Å². The summed E-state index contributed by atoms with van der Waals surface area (Å²) in [7, 11) is 5.58. The van der Waals surface area contributed by atoms with Gasteiger partial charge in [-0.1, -0.05) is 11.6 Å². The number of halogens is 1. The fourth-order valence-corrected chi connectivity index (χ4v) is 0.897. The molecule has 0 aromatic carbocycles. The standard InChI is InChI=1S/C8H17ClNO2/c1-10(2,7-9)5-4-8(6-11)12-3/h6,8H,4-5,7H2,1-3H3/q+1. The number of methoxy groups -OCH3 is 1. The summed E-state index contributed by atoms with van der Waals surface area (Å²) in [6.45, 7) is 0.848. The van der Waals surface area contributed by atoms with E-state index in [1.54, 1.807) is 7.11 Å². The third kappa shape index (κ3) is 4.70. The summed E-state index contributed by atoms with van der Waals surface area (Å²) >= 11 is 5.71. The molecule has 12 heavy (non-hydrogen) atoms. The number of carbonyl (C=O) groups is 1. The fourth-order valence-electron chi connectivity index (χ4n) is 0.778. The fraction of sp³-hybridized carbons (Fsp3) is 0.875. The van der Waals surface area contributed by atoms with Crippen LogP contribution in [0.25, 0.3) is 0 Å². The van der Waals surface area contributed by atoms with Crippen LogP contribution >= 0.6 is 11.6 Å². The summed E-state index contributed by atoms with van der Waals surface area (Å²) in [5.41, 5.74) is 0. The highest BCUT2D eigenvalue weighted by molar-refractivity contribution is 6.16. The molecule has 0 rings (SSSR count). The number of hydrogen-bond acceptors (Lipinski definition) is 2. The lowest BCUT2D eigenvalue weighted by Gasteiger charge is -2.27. The van der Waals surface area contributed by atoms with Crippen LogP contribution in [0.2, 0.25) is 0 Å². The molecule has 0 fully saturated rings. The lowest BCUT2D eigenvalue weighted by atomic mass is 10.2. The van der Waals surface area contributed by atoms with Crippen molar-refractivity contribution in [3.05, 3.63) is 0 Å². The number of alkyl halides is 1. The van der Waals surface area contributed by atoms with Crippen LogP contribution < -0.4 is 0 Å². The van der Waals surface area contributed by atoms with E-state index < -0.39 is 0 Å². The van der Waals surface area contributed by atoms with Gasteiger partial charge in [0.1, 0.15) is 12.4 Å². The Morgan fingerprint density at radius 3 is 2.50 bits per heavy atom. The van der Waals surface area contributed by atoms with Gasteiger partial charge in [-0.15, -0.1) is 0 Å². The molecule has 0 aliphatic carbocycles. The number of hydrogen-bond donors (Lipinski definition) is 0. The molecule has 4 heteroatoms. The molecule has 3 nitrogen and oxygen atoms in total. The number of quaternary nitrogens is 1. The Morgan fingerprint density at radius 2 is 2.17 bits per heavy atom. The van der Waals surface area contributed by atoms with Gasteiger partial charge in [0.25, 0.3) is 0 Å². The molecule has 0 amide bonds. The SMILES string of the molecule is COC(C=O)CC[N+](C)(C)CCl. The van der Waals surface area contributed by atoms with Crippen molar-refractivity contribution in [2.24, 2.45) is 0 Å². The predicted molar refractivity (Wildman–Crippen MR) is 49.2 cm³/mol. The quantitative estimate of drug-likeness (QED) is 0.271. The van der Waals surface area contributed by atoms with Crippen molar-refractivity contribution in [2.75, 3.05) is 33.8 Å². The minimum Gasteiger partial charge on any atom is -0.374 e. The number of aldehydes is 1. The van der Waals surface area contributed by atoms with Crippen LogP contribution in [0, 0.1) is 0 Å². The van der Waals surface area contributed by atoms with Gasteiger partial charge in [0.05, 0.1) is 20.6 Å². The maximum atomic E-state index is 10.4. The third-order valence-electron chi connectivity index (χ3n) is 1.80. The Kier molecular flexibility index (Phi) is 5.46. The average molecular weight is 195 g/mol. The number of nitrogens with zero attached hydrogens (tertiary/aromatic N) is 1. The van der Waals surface area contributed by atoms with Crippen molar-refractivity contribution in [3.8, 4) is 0 Å². The Balaban J connectivity index is 3.72. The topological polar surface area (TPSA) is 26.3 Å². The second-order valence-corrected chi connectivity index (χ2v) is 3.72. The monoisotopic (exact) mass is 194 g/mol. The molecular weight excluding hydrogens is 178 g/mol. The van der Waals surface area contributed by atoms with Gasteiger partial charge in [-0.25, -0.2) is 0 Å². The van der Waals surface area contributed by atoms with E-state index in [1.807, 2.05) is 14.1 Å². The van der Waals surface area contributed by atoms with E-state index in [2.05, 4.69) is 0 Å². The minimum absolute atomic E-state index is 0.286. The first-order valence-electron chi connectivity index (χ1n) is 3.92. The van der Waals surface area contributed by atoms with Crippen molar-refractivity contribution >= 4 is 17.9 Å². The molecule has 0 aromatic heterocycles. The lowest BCUT2D eigenvalue weighted by molar-refractivity contribution is -0.879. The van der Waals surface area contributed by atoms with E-state index in [0.29, 0.717) is 10.5 Å². The van der Waals surface area contributed by atoms with Gasteiger partial charge in [-0.05, 0) is 0 Å². The highest BCUT2D eigenvalue weighted by Crippen LogP contribution is 2.04. The van der Waals surface area contributed by atoms with Crippen molar-refractivity contribution in [1.29, 1.82) is 0 Å². The molecule has 0 heterocycles. The van der Waals surface area contributed by atoms with Gasteiger partial charge >= 0.3 is 0 Å². The lowest BCUT2D eigenvalue weighted by Crippen LogP contribution is -2.40. The summed E-state index contributed by atoms with van der Waals surface area (Å²) in [5.74, 6) is 0. The van der Waals surface area contributed by atoms with Crippen molar-refractivity contribution in [3.63, 3.8) is 0 Å². The van der Waals surface area contributed by atoms with Gasteiger partial charge in [-0.3, -0.25) is 0 Å². The zero-order valence-corrected chi connectivity index (χ0v) is 8.67. The third-order valence-corrected chi connectivity index (χ3v) is 2.44. The summed E-state index contributed by atoms with van der Waals surface area (Å²) in [6, 6.07) is 0.551. The Labute approximate surface area is 78.8 Å². The zero-order valence-electron chi connectivity index (χ0n) is 7.92. The second-order valence-electron chi connectivity index (χ2n) is 3.48. The maximum Gasteiger partial charge on any atom is 0.154 e. The highest BCUT2D eigenvalue weighted by Gasteiger charge is 2.16. The van der Waals surface area contributed by atoms with Crippen molar-refractivity contribution in [2.45, 2.75) is 12.5 Å². The van der Waals surface area contributed by atoms with Gasteiger partial charge in [0.15, 0.2) is 6.00 Å². The molecule has 0 aliphatic heterocycles. The Bertz CT molecular complexity index is 139. The average Bonchev–Trinajstić information content (AvgIpc) is 2.06.